The molecule has 18 heavy (non-hydrogen) atoms. The van der Waals surface area contributed by atoms with Crippen LogP contribution in [0.25, 0.3) is 5.57 Å². The van der Waals surface area contributed by atoms with Gasteiger partial charge in [-0.15, -0.1) is 0 Å². The summed E-state index contributed by atoms with van der Waals surface area (Å²) in [5.41, 5.74) is 0.841. The Labute approximate surface area is 104 Å². The van der Waals surface area contributed by atoms with E-state index in [-0.39, 0.29) is 5.57 Å². The molecule has 0 saturated carbocycles. The van der Waals surface area contributed by atoms with Crippen molar-refractivity contribution in [2.45, 2.75) is 12.2 Å². The molecule has 96 valence electrons. The zero-order valence-electron chi connectivity index (χ0n) is 9.31. The summed E-state index contributed by atoms with van der Waals surface area (Å²) >= 11 is 0. The minimum atomic E-state index is -4.49. The van der Waals surface area contributed by atoms with Crippen molar-refractivity contribution in [1.29, 1.82) is 0 Å². The molecule has 0 bridgehead atoms. The zero-order chi connectivity index (χ0) is 13.4. The summed E-state index contributed by atoms with van der Waals surface area (Å²) in [6.07, 6.45) is 1.79. The topological polar surface area (TPSA) is 94.8 Å². The van der Waals surface area contributed by atoms with Crippen LogP contribution in [0.4, 0.5) is 0 Å². The van der Waals surface area contributed by atoms with Crippen LogP contribution < -0.4 is 0 Å². The van der Waals surface area contributed by atoms with Crippen molar-refractivity contribution in [1.82, 2.24) is 0 Å². The fourth-order valence-electron chi connectivity index (χ4n) is 1.81. The van der Waals surface area contributed by atoms with Gasteiger partial charge in [0.1, 0.15) is 0 Å². The Morgan fingerprint density at radius 3 is 2.28 bits per heavy atom. The second kappa shape index (κ2) is 4.33. The molecule has 1 aromatic carbocycles. The van der Waals surface area contributed by atoms with Crippen molar-refractivity contribution in [3.05, 3.63) is 53.0 Å². The first-order valence-electron chi connectivity index (χ1n) is 5.20. The van der Waals surface area contributed by atoms with Crippen LogP contribution in [0.3, 0.4) is 0 Å². The van der Waals surface area contributed by atoms with E-state index >= 15 is 0 Å². The fourth-order valence-corrected chi connectivity index (χ4v) is 2.66. The summed E-state index contributed by atoms with van der Waals surface area (Å²) in [6.45, 7) is 0. The highest BCUT2D eigenvalue weighted by molar-refractivity contribution is 7.90. The predicted molar refractivity (Wildman–Crippen MR) is 65.8 cm³/mol. The third-order valence-electron chi connectivity index (χ3n) is 2.63. The first-order chi connectivity index (χ1) is 8.30. The van der Waals surface area contributed by atoms with E-state index in [4.69, 9.17) is 4.55 Å². The van der Waals surface area contributed by atoms with Gasteiger partial charge in [0.15, 0.2) is 5.79 Å². The quantitative estimate of drug-likeness (QED) is 0.548. The highest BCUT2D eigenvalue weighted by atomic mass is 32.2. The molecule has 0 radical (unpaired) electrons. The smallest absolute Gasteiger partial charge is 0.291 e. The molecule has 0 unspecified atom stereocenters. The summed E-state index contributed by atoms with van der Waals surface area (Å²) in [7, 11) is -4.49. The van der Waals surface area contributed by atoms with Gasteiger partial charge >= 0.3 is 0 Å². The third kappa shape index (κ3) is 2.68. The number of hydrogen-bond donors (Lipinski definition) is 3. The highest BCUT2D eigenvalue weighted by Crippen LogP contribution is 2.33. The Kier molecular flexibility index (Phi) is 3.12. The molecule has 0 aliphatic heterocycles. The Hall–Kier alpha value is -1.47. The van der Waals surface area contributed by atoms with Gasteiger partial charge in [0.05, 0.1) is 4.91 Å². The van der Waals surface area contributed by atoms with Crippen molar-refractivity contribution in [3.8, 4) is 0 Å². The average Bonchev–Trinajstić information content (AvgIpc) is 2.28. The van der Waals surface area contributed by atoms with Crippen molar-refractivity contribution in [2.75, 3.05) is 0 Å². The molecule has 2 rings (SSSR count). The number of rotatable bonds is 2. The Balaban J connectivity index is 2.61. The normalized spacial score (nSPS) is 19.1. The Bertz CT molecular complexity index is 611. The van der Waals surface area contributed by atoms with Gasteiger partial charge in [0.2, 0.25) is 0 Å². The van der Waals surface area contributed by atoms with Crippen LogP contribution in [0.1, 0.15) is 12.0 Å². The van der Waals surface area contributed by atoms with Gasteiger partial charge in [-0.1, -0.05) is 36.4 Å². The van der Waals surface area contributed by atoms with Crippen LogP contribution in [0.15, 0.2) is 47.4 Å². The third-order valence-corrected chi connectivity index (χ3v) is 3.62. The van der Waals surface area contributed by atoms with Crippen LogP contribution >= 0.6 is 0 Å². The van der Waals surface area contributed by atoms with Crippen LogP contribution in [0.5, 0.6) is 0 Å². The van der Waals surface area contributed by atoms with E-state index in [0.29, 0.717) is 5.56 Å². The lowest BCUT2D eigenvalue weighted by atomic mass is 9.96. The van der Waals surface area contributed by atoms with Gasteiger partial charge in [-0.05, 0) is 17.2 Å². The van der Waals surface area contributed by atoms with Gasteiger partial charge in [-0.2, -0.15) is 8.42 Å². The van der Waals surface area contributed by atoms with Crippen molar-refractivity contribution >= 4 is 15.7 Å². The highest BCUT2D eigenvalue weighted by Gasteiger charge is 2.33. The maximum Gasteiger partial charge on any atom is 0.291 e. The van der Waals surface area contributed by atoms with Gasteiger partial charge in [-0.3, -0.25) is 4.55 Å². The molecule has 0 atom stereocenters. The van der Waals surface area contributed by atoms with Crippen molar-refractivity contribution in [2.24, 2.45) is 0 Å². The number of allylic oxidation sites excluding steroid dienone is 2. The molecule has 0 heterocycles. The summed E-state index contributed by atoms with van der Waals surface area (Å²) < 4.78 is 31.8. The Morgan fingerprint density at radius 2 is 1.72 bits per heavy atom. The van der Waals surface area contributed by atoms with E-state index in [0.717, 1.165) is 6.08 Å². The predicted octanol–water partition coefficient (Wildman–Crippen LogP) is 0.926. The lowest BCUT2D eigenvalue weighted by molar-refractivity contribution is -0.115. The van der Waals surface area contributed by atoms with Gasteiger partial charge in [0.25, 0.3) is 10.1 Å². The van der Waals surface area contributed by atoms with E-state index in [1.165, 1.54) is 6.08 Å². The van der Waals surface area contributed by atoms with Crippen LogP contribution in [0.2, 0.25) is 0 Å². The van der Waals surface area contributed by atoms with E-state index in [9.17, 15) is 18.6 Å². The Morgan fingerprint density at radius 1 is 1.11 bits per heavy atom. The largest absolute Gasteiger partial charge is 0.362 e. The van der Waals surface area contributed by atoms with E-state index in [2.05, 4.69) is 0 Å². The minimum absolute atomic E-state index is 0.261. The summed E-state index contributed by atoms with van der Waals surface area (Å²) in [5, 5.41) is 18.9. The maximum absolute atomic E-state index is 11.3. The second-order valence-electron chi connectivity index (χ2n) is 4.07. The van der Waals surface area contributed by atoms with Crippen molar-refractivity contribution in [3.63, 3.8) is 0 Å². The number of aliphatic hydroxyl groups is 2. The van der Waals surface area contributed by atoms with E-state index in [1.54, 1.807) is 30.3 Å². The second-order valence-corrected chi connectivity index (χ2v) is 5.51. The van der Waals surface area contributed by atoms with Gasteiger partial charge < -0.3 is 10.2 Å². The molecular weight excluding hydrogens is 256 g/mol. The first kappa shape index (κ1) is 13.0. The molecular formula is C12H12O5S. The molecule has 0 aromatic heterocycles. The molecule has 0 spiro atoms. The molecule has 6 heteroatoms. The fraction of sp³-hybridized carbons (Fsp3) is 0.167. The average molecular weight is 268 g/mol. The van der Waals surface area contributed by atoms with Crippen LogP contribution in [-0.2, 0) is 10.1 Å². The van der Waals surface area contributed by atoms with Crippen LogP contribution in [-0.4, -0.2) is 29.0 Å². The number of benzene rings is 1. The number of hydrogen-bond acceptors (Lipinski definition) is 4. The minimum Gasteiger partial charge on any atom is -0.362 e. The zero-order valence-corrected chi connectivity index (χ0v) is 10.1. The molecule has 3 N–H and O–H groups in total. The molecule has 0 fully saturated rings. The van der Waals surface area contributed by atoms with E-state index < -0.39 is 27.2 Å². The lowest BCUT2D eigenvalue weighted by Crippen LogP contribution is -2.30. The monoisotopic (exact) mass is 268 g/mol. The molecule has 1 aliphatic carbocycles. The van der Waals surface area contributed by atoms with Crippen LogP contribution in [0, 0.1) is 0 Å². The SMILES string of the molecule is O=S(=O)(O)C1=C(c2ccccc2)C=CC(O)(O)C1. The standard InChI is InChI=1S/C12H12O5S/c13-12(14)7-6-10(9-4-2-1-3-5-9)11(8-12)18(15,16)17/h1-7,13-14H,8H2,(H,15,16,17). The van der Waals surface area contributed by atoms with Gasteiger partial charge in [0, 0.05) is 6.42 Å². The molecule has 1 aliphatic rings. The summed E-state index contributed by atoms with van der Waals surface area (Å²) in [4.78, 5) is -0.402. The maximum atomic E-state index is 11.3. The molecule has 0 saturated heterocycles. The van der Waals surface area contributed by atoms with E-state index in [1.807, 2.05) is 0 Å². The van der Waals surface area contributed by atoms with Crippen molar-refractivity contribution < 1.29 is 23.2 Å². The molecule has 0 amide bonds. The first-order valence-corrected chi connectivity index (χ1v) is 6.64. The summed E-state index contributed by atoms with van der Waals surface area (Å²) in [6, 6.07) is 8.56. The summed E-state index contributed by atoms with van der Waals surface area (Å²) in [5.74, 6) is -2.26. The molecule has 5 nitrogen and oxygen atoms in total. The molecule has 1 aromatic rings. The lowest BCUT2D eigenvalue weighted by Gasteiger charge is -2.24. The van der Waals surface area contributed by atoms with Gasteiger partial charge in [-0.25, -0.2) is 0 Å².